The highest BCUT2D eigenvalue weighted by atomic mass is 16.6. The highest BCUT2D eigenvalue weighted by Crippen LogP contribution is 1.88. The van der Waals surface area contributed by atoms with Crippen molar-refractivity contribution in [3.63, 3.8) is 0 Å². The first kappa shape index (κ1) is 18.7. The first-order valence-corrected chi connectivity index (χ1v) is 5.42. The lowest BCUT2D eigenvalue weighted by atomic mass is 10.3. The fraction of sp³-hybridized carbons (Fsp3) is 0.500. The molecule has 0 aromatic carbocycles. The topological polar surface area (TPSA) is 93.1 Å². The third-order valence-electron chi connectivity index (χ3n) is 1.45. The largest absolute Gasteiger partial charge is 0.459 e. The third-order valence-corrected chi connectivity index (χ3v) is 1.45. The molecular weight excluding hydrogens is 240 g/mol. The summed E-state index contributed by atoms with van der Waals surface area (Å²) < 4.78 is 9.04. The van der Waals surface area contributed by atoms with Crippen molar-refractivity contribution in [2.24, 2.45) is 0 Å². The number of carbonyl (C=O) groups is 2. The summed E-state index contributed by atoms with van der Waals surface area (Å²) in [6.07, 6.45) is 2.29. The van der Waals surface area contributed by atoms with Crippen LogP contribution in [0.25, 0.3) is 0 Å². The second kappa shape index (κ2) is 13.4. The summed E-state index contributed by atoms with van der Waals surface area (Å²) in [5.41, 5.74) is 0. The molecule has 0 amide bonds. The third kappa shape index (κ3) is 16.8. The molecule has 0 aromatic rings. The van der Waals surface area contributed by atoms with E-state index in [0.29, 0.717) is 6.42 Å². The fourth-order valence-electron chi connectivity index (χ4n) is 0.661. The van der Waals surface area contributed by atoms with Crippen LogP contribution in [0.3, 0.4) is 0 Å². The van der Waals surface area contributed by atoms with E-state index in [-0.39, 0.29) is 13.2 Å². The molecule has 0 heterocycles. The predicted octanol–water partition coefficient (Wildman–Crippen LogP) is 0.542. The van der Waals surface area contributed by atoms with Gasteiger partial charge in [0.1, 0.15) is 13.2 Å². The lowest BCUT2D eigenvalue weighted by Gasteiger charge is -2.01. The Balaban J connectivity index is 0. The van der Waals surface area contributed by atoms with Crippen molar-refractivity contribution in [1.29, 1.82) is 0 Å². The molecule has 0 bridgehead atoms. The normalized spacial score (nSPS) is 8.89. The maximum atomic E-state index is 10.4. The van der Waals surface area contributed by atoms with Gasteiger partial charge < -0.3 is 19.7 Å². The van der Waals surface area contributed by atoms with Gasteiger partial charge in [-0.3, -0.25) is 0 Å². The molecule has 0 atom stereocenters. The number of esters is 2. The van der Waals surface area contributed by atoms with Gasteiger partial charge in [-0.25, -0.2) is 9.59 Å². The molecule has 6 heteroatoms. The number of carbonyl (C=O) groups excluding carboxylic acids is 2. The maximum Gasteiger partial charge on any atom is 0.330 e. The standard InChI is InChI=1S/C8H10O4.C4H10O2/c1-3-7(9)11-5-6-12-8(10)4-2;1-2-3-4(5)6/h3-4H,1-2,5-6H2;4-6H,2-3H2,1H3. The highest BCUT2D eigenvalue weighted by Gasteiger charge is 1.97. The van der Waals surface area contributed by atoms with Crippen molar-refractivity contribution in [2.45, 2.75) is 26.1 Å². The smallest absolute Gasteiger partial charge is 0.330 e. The van der Waals surface area contributed by atoms with Gasteiger partial charge in [0.2, 0.25) is 0 Å². The van der Waals surface area contributed by atoms with Crippen LogP contribution in [0, 0.1) is 0 Å². The van der Waals surface area contributed by atoms with E-state index < -0.39 is 18.2 Å². The molecule has 0 fully saturated rings. The van der Waals surface area contributed by atoms with E-state index >= 15 is 0 Å². The van der Waals surface area contributed by atoms with E-state index in [0.717, 1.165) is 18.6 Å². The van der Waals surface area contributed by atoms with Crippen molar-refractivity contribution >= 4 is 11.9 Å². The Kier molecular flexibility index (Phi) is 13.9. The average molecular weight is 260 g/mol. The van der Waals surface area contributed by atoms with E-state index in [1.165, 1.54) is 0 Å². The Labute approximate surface area is 107 Å². The van der Waals surface area contributed by atoms with Gasteiger partial charge >= 0.3 is 11.9 Å². The number of hydrogen-bond donors (Lipinski definition) is 2. The molecule has 0 saturated heterocycles. The lowest BCUT2D eigenvalue weighted by Crippen LogP contribution is -2.10. The Hall–Kier alpha value is -1.66. The second-order valence-electron chi connectivity index (χ2n) is 3.01. The van der Waals surface area contributed by atoms with Crippen LogP contribution < -0.4 is 0 Å². The van der Waals surface area contributed by atoms with Crippen LogP contribution in [0.1, 0.15) is 19.8 Å². The molecule has 0 unspecified atom stereocenters. The summed E-state index contributed by atoms with van der Waals surface area (Å²) in [6, 6.07) is 0. The van der Waals surface area contributed by atoms with Crippen LogP contribution in [0.15, 0.2) is 25.3 Å². The molecule has 0 saturated carbocycles. The minimum Gasteiger partial charge on any atom is -0.459 e. The molecule has 0 rings (SSSR count). The van der Waals surface area contributed by atoms with E-state index in [9.17, 15) is 9.59 Å². The minimum atomic E-state index is -1.10. The average Bonchev–Trinajstić information content (AvgIpc) is 2.34. The molecule has 18 heavy (non-hydrogen) atoms. The first-order valence-electron chi connectivity index (χ1n) is 5.42. The molecule has 0 radical (unpaired) electrons. The van der Waals surface area contributed by atoms with Gasteiger partial charge in [-0.1, -0.05) is 26.5 Å². The molecule has 0 spiro atoms. The van der Waals surface area contributed by atoms with E-state index in [2.05, 4.69) is 22.6 Å². The molecule has 0 aromatic heterocycles. The lowest BCUT2D eigenvalue weighted by molar-refractivity contribution is -0.146. The van der Waals surface area contributed by atoms with Gasteiger partial charge in [-0.05, 0) is 6.42 Å². The van der Waals surface area contributed by atoms with E-state index in [1.807, 2.05) is 6.92 Å². The van der Waals surface area contributed by atoms with Crippen LogP contribution >= 0.6 is 0 Å². The van der Waals surface area contributed by atoms with Gasteiger partial charge in [0.05, 0.1) is 0 Å². The Morgan fingerprint density at radius 1 is 1.11 bits per heavy atom. The van der Waals surface area contributed by atoms with Crippen molar-refractivity contribution < 1.29 is 29.3 Å². The highest BCUT2D eigenvalue weighted by molar-refractivity contribution is 5.81. The van der Waals surface area contributed by atoms with Crippen LogP contribution in [-0.2, 0) is 19.1 Å². The molecule has 0 aliphatic carbocycles. The van der Waals surface area contributed by atoms with E-state index in [1.54, 1.807) is 0 Å². The van der Waals surface area contributed by atoms with E-state index in [4.69, 9.17) is 10.2 Å². The zero-order chi connectivity index (χ0) is 14.4. The number of rotatable bonds is 7. The zero-order valence-corrected chi connectivity index (χ0v) is 10.5. The van der Waals surface area contributed by atoms with Crippen molar-refractivity contribution in [3.05, 3.63) is 25.3 Å². The maximum absolute atomic E-state index is 10.4. The Morgan fingerprint density at radius 2 is 1.50 bits per heavy atom. The Morgan fingerprint density at radius 3 is 1.67 bits per heavy atom. The van der Waals surface area contributed by atoms with Gasteiger partial charge in [-0.2, -0.15) is 0 Å². The quantitative estimate of drug-likeness (QED) is 0.300. The number of ether oxygens (including phenoxy) is 2. The fourth-order valence-corrected chi connectivity index (χ4v) is 0.661. The molecule has 6 nitrogen and oxygen atoms in total. The van der Waals surface area contributed by atoms with Crippen LogP contribution in [0.2, 0.25) is 0 Å². The number of hydrogen-bond acceptors (Lipinski definition) is 6. The Bertz CT molecular complexity index is 237. The SMILES string of the molecule is C=CC(=O)OCCOC(=O)C=C.CCCC(O)O. The molecule has 2 N–H and O–H groups in total. The summed E-state index contributed by atoms with van der Waals surface area (Å²) in [7, 11) is 0. The van der Waals surface area contributed by atoms with Crippen molar-refractivity contribution in [1.82, 2.24) is 0 Å². The molecular formula is C12H20O6. The second-order valence-corrected chi connectivity index (χ2v) is 3.01. The van der Waals surface area contributed by atoms with Gasteiger partial charge in [-0.15, -0.1) is 0 Å². The monoisotopic (exact) mass is 260 g/mol. The summed E-state index contributed by atoms with van der Waals surface area (Å²) in [5.74, 6) is -1.07. The summed E-state index contributed by atoms with van der Waals surface area (Å²) in [4.78, 5) is 20.9. The predicted molar refractivity (Wildman–Crippen MR) is 65.4 cm³/mol. The van der Waals surface area contributed by atoms with Gasteiger partial charge in [0.25, 0.3) is 0 Å². The summed E-state index contributed by atoms with van der Waals surface area (Å²) in [6.45, 7) is 8.35. The number of aliphatic hydroxyl groups excluding tert-OH is 1. The number of aliphatic hydroxyl groups is 2. The van der Waals surface area contributed by atoms with Crippen LogP contribution in [-0.4, -0.2) is 41.7 Å². The van der Waals surface area contributed by atoms with Crippen LogP contribution in [0.4, 0.5) is 0 Å². The summed E-state index contributed by atoms with van der Waals surface area (Å²) in [5, 5.41) is 16.2. The molecule has 0 aliphatic rings. The van der Waals surface area contributed by atoms with Gasteiger partial charge in [0, 0.05) is 12.2 Å². The zero-order valence-electron chi connectivity index (χ0n) is 10.5. The van der Waals surface area contributed by atoms with Gasteiger partial charge in [0.15, 0.2) is 6.29 Å². The summed E-state index contributed by atoms with van der Waals surface area (Å²) >= 11 is 0. The van der Waals surface area contributed by atoms with Crippen molar-refractivity contribution in [3.8, 4) is 0 Å². The molecule has 0 aliphatic heterocycles. The first-order chi connectivity index (χ1) is 8.47. The molecule has 104 valence electrons. The minimum absolute atomic E-state index is 0.0322. The van der Waals surface area contributed by atoms with Crippen LogP contribution in [0.5, 0.6) is 0 Å². The van der Waals surface area contributed by atoms with Crippen molar-refractivity contribution in [2.75, 3.05) is 13.2 Å².